The number of methoxy groups -OCH3 is 1. The number of hydrogen-bond acceptors (Lipinski definition) is 7. The van der Waals surface area contributed by atoms with Crippen LogP contribution in [0.25, 0.3) is 16.9 Å². The van der Waals surface area contributed by atoms with Gasteiger partial charge in [-0.2, -0.15) is 5.10 Å². The number of amides is 1. The number of imidazole rings is 1. The largest absolute Gasteiger partial charge is 0.469 e. The van der Waals surface area contributed by atoms with Gasteiger partial charge >= 0.3 is 5.97 Å². The number of ether oxygens (including phenoxy) is 1. The van der Waals surface area contributed by atoms with Crippen molar-refractivity contribution in [1.82, 2.24) is 24.5 Å². The average molecular weight is 543 g/mol. The number of halogens is 1. The van der Waals surface area contributed by atoms with Gasteiger partial charge in [-0.05, 0) is 48.9 Å². The Bertz CT molecular complexity index is 1620. The van der Waals surface area contributed by atoms with Gasteiger partial charge in [-0.1, -0.05) is 31.2 Å². The van der Waals surface area contributed by atoms with Crippen LogP contribution in [0.5, 0.6) is 0 Å². The van der Waals surface area contributed by atoms with E-state index in [2.05, 4.69) is 27.2 Å². The van der Waals surface area contributed by atoms with E-state index in [4.69, 9.17) is 4.74 Å². The second kappa shape index (κ2) is 10.3. The zero-order chi connectivity index (χ0) is 28.0. The van der Waals surface area contributed by atoms with Crippen molar-refractivity contribution in [2.24, 2.45) is 5.92 Å². The van der Waals surface area contributed by atoms with Gasteiger partial charge in [0.1, 0.15) is 17.3 Å². The Morgan fingerprint density at radius 2 is 2.00 bits per heavy atom. The number of aryl methyl sites for hydroxylation is 1. The monoisotopic (exact) mass is 542 g/mol. The number of carbonyl (C=O) groups is 2. The van der Waals surface area contributed by atoms with Gasteiger partial charge in [0.25, 0.3) is 5.91 Å². The number of rotatable bonds is 5. The molecule has 0 N–H and O–H groups in total. The lowest BCUT2D eigenvalue weighted by atomic mass is 9.93. The molecule has 2 aliphatic heterocycles. The first kappa shape index (κ1) is 25.9. The SMILES string of the molecule is CCc1cc(C(=O)N2CCc3ccccc3[C@H]2C)nn2cc(-c3cnc(N4CC[C@H](C(=O)OC)C4)cc3F)nc12. The van der Waals surface area contributed by atoms with Gasteiger partial charge in [-0.25, -0.2) is 18.9 Å². The third kappa shape index (κ3) is 4.47. The maximum atomic E-state index is 15.3. The van der Waals surface area contributed by atoms with E-state index < -0.39 is 5.82 Å². The molecular weight excluding hydrogens is 511 g/mol. The highest BCUT2D eigenvalue weighted by atomic mass is 19.1. The van der Waals surface area contributed by atoms with Crippen LogP contribution in [0.4, 0.5) is 10.2 Å². The van der Waals surface area contributed by atoms with Gasteiger partial charge < -0.3 is 14.5 Å². The predicted octanol–water partition coefficient (Wildman–Crippen LogP) is 4.25. The lowest BCUT2D eigenvalue weighted by Gasteiger charge is -2.35. The maximum Gasteiger partial charge on any atom is 0.310 e. The van der Waals surface area contributed by atoms with Crippen molar-refractivity contribution in [1.29, 1.82) is 0 Å². The Hall–Kier alpha value is -4.34. The molecule has 0 aliphatic carbocycles. The summed E-state index contributed by atoms with van der Waals surface area (Å²) in [4.78, 5) is 38.4. The molecule has 1 fully saturated rings. The normalized spacial score (nSPS) is 18.7. The fraction of sp³-hybridized carbons (Fsp3) is 0.367. The summed E-state index contributed by atoms with van der Waals surface area (Å²) >= 11 is 0. The fourth-order valence-electron chi connectivity index (χ4n) is 5.84. The molecule has 0 saturated carbocycles. The molecular formula is C30H31FN6O3. The van der Waals surface area contributed by atoms with Crippen LogP contribution >= 0.6 is 0 Å². The van der Waals surface area contributed by atoms with Crippen molar-refractivity contribution in [3.05, 3.63) is 77.0 Å². The second-order valence-electron chi connectivity index (χ2n) is 10.4. The third-order valence-corrected chi connectivity index (χ3v) is 8.12. The highest BCUT2D eigenvalue weighted by Gasteiger charge is 2.31. The van der Waals surface area contributed by atoms with E-state index in [-0.39, 0.29) is 29.4 Å². The van der Waals surface area contributed by atoms with E-state index >= 15 is 4.39 Å². The summed E-state index contributed by atoms with van der Waals surface area (Å²) in [5, 5.41) is 4.61. The number of nitrogens with zero attached hydrogens (tertiary/aromatic N) is 6. The lowest BCUT2D eigenvalue weighted by Crippen LogP contribution is -2.39. The minimum absolute atomic E-state index is 0.0597. The average Bonchev–Trinajstić information content (AvgIpc) is 3.64. The fourth-order valence-corrected chi connectivity index (χ4v) is 5.84. The number of aromatic nitrogens is 4. The summed E-state index contributed by atoms with van der Waals surface area (Å²) in [7, 11) is 1.37. The first-order valence-corrected chi connectivity index (χ1v) is 13.6. The van der Waals surface area contributed by atoms with Gasteiger partial charge in [0.15, 0.2) is 5.65 Å². The zero-order valence-corrected chi connectivity index (χ0v) is 22.8. The van der Waals surface area contributed by atoms with Crippen LogP contribution in [-0.4, -0.2) is 63.1 Å². The third-order valence-electron chi connectivity index (χ3n) is 8.12. The van der Waals surface area contributed by atoms with Gasteiger partial charge in [0, 0.05) is 31.9 Å². The number of esters is 1. The van der Waals surface area contributed by atoms with Crippen LogP contribution in [0.15, 0.2) is 48.8 Å². The molecule has 1 saturated heterocycles. The van der Waals surface area contributed by atoms with E-state index in [1.54, 1.807) is 16.8 Å². The summed E-state index contributed by atoms with van der Waals surface area (Å²) < 4.78 is 21.8. The topological polar surface area (TPSA) is 92.9 Å². The van der Waals surface area contributed by atoms with E-state index in [0.29, 0.717) is 55.3 Å². The molecule has 4 aromatic rings. The van der Waals surface area contributed by atoms with Crippen molar-refractivity contribution >= 4 is 23.3 Å². The summed E-state index contributed by atoms with van der Waals surface area (Å²) in [6.45, 7) is 5.69. The first-order chi connectivity index (χ1) is 19.4. The summed E-state index contributed by atoms with van der Waals surface area (Å²) in [5.41, 5.74) is 4.82. The Morgan fingerprint density at radius 3 is 2.77 bits per heavy atom. The maximum absolute atomic E-state index is 15.3. The summed E-state index contributed by atoms with van der Waals surface area (Å²) in [5.74, 6) is -0.645. The molecule has 6 rings (SSSR count). The minimum atomic E-state index is -0.468. The van der Waals surface area contributed by atoms with E-state index in [1.165, 1.54) is 24.9 Å². The Kier molecular flexibility index (Phi) is 6.69. The molecule has 0 radical (unpaired) electrons. The van der Waals surface area contributed by atoms with Crippen molar-refractivity contribution < 1.29 is 18.7 Å². The van der Waals surface area contributed by atoms with Gasteiger partial charge in [-0.15, -0.1) is 0 Å². The Balaban J connectivity index is 1.28. The highest BCUT2D eigenvalue weighted by molar-refractivity contribution is 5.93. The first-order valence-electron chi connectivity index (χ1n) is 13.6. The minimum Gasteiger partial charge on any atom is -0.469 e. The van der Waals surface area contributed by atoms with E-state index in [9.17, 15) is 9.59 Å². The van der Waals surface area contributed by atoms with Crippen LogP contribution < -0.4 is 4.90 Å². The van der Waals surface area contributed by atoms with Crippen molar-refractivity contribution in [2.75, 3.05) is 31.6 Å². The number of pyridine rings is 1. The quantitative estimate of drug-likeness (QED) is 0.348. The molecule has 5 heterocycles. The Morgan fingerprint density at radius 1 is 1.18 bits per heavy atom. The molecule has 0 spiro atoms. The second-order valence-corrected chi connectivity index (χ2v) is 10.4. The summed E-state index contributed by atoms with van der Waals surface area (Å²) in [6, 6.07) is 11.3. The smallest absolute Gasteiger partial charge is 0.310 e. The number of anilines is 1. The number of benzene rings is 1. The van der Waals surface area contributed by atoms with Crippen LogP contribution in [0.1, 0.15) is 53.5 Å². The van der Waals surface area contributed by atoms with E-state index in [0.717, 1.165) is 17.5 Å². The predicted molar refractivity (Wildman–Crippen MR) is 147 cm³/mol. The standard InChI is InChI=1S/C30H31FN6O3/c1-4-19-13-25(29(38)36-12-10-20-7-5-6-8-22(20)18(36)2)34-37-17-26(33-28(19)37)23-15-32-27(14-24(23)31)35-11-9-21(16-35)30(39)40-3/h5-8,13-15,17-18,21H,4,9-12,16H2,1-3H3/t18-,21+/m1/s1. The summed E-state index contributed by atoms with van der Waals surface area (Å²) in [6.07, 6.45) is 5.18. The van der Waals surface area contributed by atoms with Gasteiger partial charge in [0.2, 0.25) is 0 Å². The Labute approximate surface area is 231 Å². The highest BCUT2D eigenvalue weighted by Crippen LogP contribution is 2.31. The molecule has 9 nitrogen and oxygen atoms in total. The van der Waals surface area contributed by atoms with Crippen molar-refractivity contribution in [2.45, 2.75) is 39.2 Å². The molecule has 3 aromatic heterocycles. The number of carbonyl (C=O) groups excluding carboxylic acids is 2. The molecule has 206 valence electrons. The molecule has 1 amide bonds. The molecule has 2 aliphatic rings. The van der Waals surface area contributed by atoms with Crippen LogP contribution in [-0.2, 0) is 22.4 Å². The molecule has 1 aromatic carbocycles. The number of fused-ring (bicyclic) bond motifs is 2. The van der Waals surface area contributed by atoms with Crippen molar-refractivity contribution in [3.63, 3.8) is 0 Å². The van der Waals surface area contributed by atoms with Crippen LogP contribution in [0.3, 0.4) is 0 Å². The molecule has 2 atom stereocenters. The molecule has 40 heavy (non-hydrogen) atoms. The molecule has 0 bridgehead atoms. The van der Waals surface area contributed by atoms with Gasteiger partial charge in [0.05, 0.1) is 36.5 Å². The molecule has 10 heteroatoms. The van der Waals surface area contributed by atoms with Gasteiger partial charge in [-0.3, -0.25) is 9.59 Å². The number of hydrogen-bond donors (Lipinski definition) is 0. The van der Waals surface area contributed by atoms with E-state index in [1.807, 2.05) is 35.8 Å². The molecule has 0 unspecified atom stereocenters. The van der Waals surface area contributed by atoms with Crippen molar-refractivity contribution in [3.8, 4) is 11.3 Å². The van der Waals surface area contributed by atoms with Crippen LogP contribution in [0.2, 0.25) is 0 Å². The zero-order valence-electron chi connectivity index (χ0n) is 22.8. The lowest BCUT2D eigenvalue weighted by molar-refractivity contribution is -0.144. The van der Waals surface area contributed by atoms with Crippen LogP contribution in [0, 0.1) is 11.7 Å².